The maximum atomic E-state index is 11.4. The van der Waals surface area contributed by atoms with Crippen LogP contribution in [0.25, 0.3) is 0 Å². The molecule has 0 radical (unpaired) electrons. The number of carbonyl (C=O) groups is 1. The number of benzene rings is 1. The Kier molecular flexibility index (Phi) is 3.86. The molecule has 8 heteroatoms. The highest BCUT2D eigenvalue weighted by atomic mass is 35.7. The molecule has 1 unspecified atom stereocenters. The number of fused-ring (bicyclic) bond motifs is 1. The second kappa shape index (κ2) is 5.26. The van der Waals surface area contributed by atoms with Gasteiger partial charge < -0.3 is 14.8 Å². The number of halogens is 1. The SMILES string of the molecule is CCOC(=O)NC1COc2ccc(S(=O)(=O)Cl)cc21. The molecule has 19 heavy (non-hydrogen) atoms. The van der Waals surface area contributed by atoms with E-state index in [2.05, 4.69) is 5.32 Å². The van der Waals surface area contributed by atoms with Gasteiger partial charge in [-0.05, 0) is 25.1 Å². The lowest BCUT2D eigenvalue weighted by Gasteiger charge is -2.11. The fourth-order valence-electron chi connectivity index (χ4n) is 1.78. The van der Waals surface area contributed by atoms with Crippen molar-refractivity contribution in [3.63, 3.8) is 0 Å². The summed E-state index contributed by atoms with van der Waals surface area (Å²) >= 11 is 0. The van der Waals surface area contributed by atoms with Crippen LogP contribution in [0.2, 0.25) is 0 Å². The van der Waals surface area contributed by atoms with Gasteiger partial charge >= 0.3 is 6.09 Å². The Morgan fingerprint density at radius 2 is 2.32 bits per heavy atom. The summed E-state index contributed by atoms with van der Waals surface area (Å²) in [5.74, 6) is 0.519. The van der Waals surface area contributed by atoms with Crippen LogP contribution in [0.1, 0.15) is 18.5 Å². The van der Waals surface area contributed by atoms with Crippen LogP contribution >= 0.6 is 10.7 Å². The van der Waals surface area contributed by atoms with E-state index in [0.717, 1.165) is 0 Å². The molecule has 0 bridgehead atoms. The third kappa shape index (κ3) is 3.10. The lowest BCUT2D eigenvalue weighted by atomic mass is 10.1. The Morgan fingerprint density at radius 1 is 1.58 bits per heavy atom. The zero-order valence-corrected chi connectivity index (χ0v) is 11.6. The van der Waals surface area contributed by atoms with E-state index >= 15 is 0 Å². The summed E-state index contributed by atoms with van der Waals surface area (Å²) in [7, 11) is 1.47. The van der Waals surface area contributed by atoms with Crippen LogP contribution in [0.5, 0.6) is 5.75 Å². The van der Waals surface area contributed by atoms with Crippen LogP contribution < -0.4 is 10.1 Å². The number of hydrogen-bond donors (Lipinski definition) is 1. The molecule has 0 saturated heterocycles. The van der Waals surface area contributed by atoms with Gasteiger partial charge in [0.1, 0.15) is 12.4 Å². The van der Waals surface area contributed by atoms with Gasteiger partial charge in [0.25, 0.3) is 9.05 Å². The number of rotatable bonds is 3. The van der Waals surface area contributed by atoms with E-state index in [9.17, 15) is 13.2 Å². The van der Waals surface area contributed by atoms with E-state index in [0.29, 0.717) is 11.3 Å². The number of alkyl carbamates (subject to hydrolysis) is 1. The van der Waals surface area contributed by atoms with Crippen molar-refractivity contribution in [3.8, 4) is 5.75 Å². The van der Waals surface area contributed by atoms with Gasteiger partial charge in [0.15, 0.2) is 0 Å². The Morgan fingerprint density at radius 3 is 2.95 bits per heavy atom. The molecule has 0 fully saturated rings. The van der Waals surface area contributed by atoms with Crippen molar-refractivity contribution < 1.29 is 22.7 Å². The van der Waals surface area contributed by atoms with Crippen molar-refractivity contribution in [2.45, 2.75) is 17.9 Å². The van der Waals surface area contributed by atoms with Crippen molar-refractivity contribution >= 4 is 25.8 Å². The first kappa shape index (κ1) is 14.0. The molecule has 1 amide bonds. The lowest BCUT2D eigenvalue weighted by Crippen LogP contribution is -2.30. The summed E-state index contributed by atoms with van der Waals surface area (Å²) in [6, 6.07) is 3.81. The molecule has 1 aromatic rings. The van der Waals surface area contributed by atoms with Gasteiger partial charge in [-0.15, -0.1) is 0 Å². The van der Waals surface area contributed by atoms with E-state index in [4.69, 9.17) is 20.2 Å². The first-order valence-electron chi connectivity index (χ1n) is 5.56. The Labute approximate surface area is 115 Å². The summed E-state index contributed by atoms with van der Waals surface area (Å²) in [6.45, 7) is 2.17. The maximum Gasteiger partial charge on any atom is 0.407 e. The molecule has 1 aliphatic rings. The molecule has 6 nitrogen and oxygen atoms in total. The van der Waals surface area contributed by atoms with Gasteiger partial charge in [-0.25, -0.2) is 13.2 Å². The van der Waals surface area contributed by atoms with Crippen LogP contribution in [0.3, 0.4) is 0 Å². The summed E-state index contributed by atoms with van der Waals surface area (Å²) in [4.78, 5) is 11.3. The first-order chi connectivity index (χ1) is 8.91. The first-order valence-corrected chi connectivity index (χ1v) is 7.87. The predicted molar refractivity (Wildman–Crippen MR) is 67.9 cm³/mol. The van der Waals surface area contributed by atoms with E-state index in [1.165, 1.54) is 18.2 Å². The summed E-state index contributed by atoms with van der Waals surface area (Å²) in [5.41, 5.74) is 0.565. The maximum absolute atomic E-state index is 11.4. The van der Waals surface area contributed by atoms with E-state index in [-0.39, 0.29) is 18.1 Å². The van der Waals surface area contributed by atoms with Crippen LogP contribution in [0, 0.1) is 0 Å². The molecular formula is C11H12ClNO5S. The molecule has 1 atom stereocenters. The molecule has 0 aromatic heterocycles. The van der Waals surface area contributed by atoms with Gasteiger partial charge in [-0.1, -0.05) is 0 Å². The third-order valence-electron chi connectivity index (χ3n) is 2.61. The minimum Gasteiger partial charge on any atom is -0.491 e. The zero-order valence-electron chi connectivity index (χ0n) is 10.1. The molecule has 1 heterocycles. The van der Waals surface area contributed by atoms with Crippen LogP contribution in [0.4, 0.5) is 4.79 Å². The molecule has 1 N–H and O–H groups in total. The van der Waals surface area contributed by atoms with Crippen LogP contribution in [-0.2, 0) is 13.8 Å². The van der Waals surface area contributed by atoms with Gasteiger partial charge in [0, 0.05) is 16.2 Å². The van der Waals surface area contributed by atoms with Crippen molar-refractivity contribution in [2.24, 2.45) is 0 Å². The van der Waals surface area contributed by atoms with E-state index in [1.807, 2.05) is 0 Å². The van der Waals surface area contributed by atoms with Crippen molar-refractivity contribution in [1.82, 2.24) is 5.32 Å². The minimum atomic E-state index is -3.81. The average molecular weight is 306 g/mol. The highest BCUT2D eigenvalue weighted by molar-refractivity contribution is 8.13. The van der Waals surface area contributed by atoms with Gasteiger partial charge in [-0.2, -0.15) is 0 Å². The Hall–Kier alpha value is -1.47. The number of hydrogen-bond acceptors (Lipinski definition) is 5. The number of amides is 1. The van der Waals surface area contributed by atoms with Crippen LogP contribution in [0.15, 0.2) is 23.1 Å². The van der Waals surface area contributed by atoms with Gasteiger partial charge in [-0.3, -0.25) is 0 Å². The van der Waals surface area contributed by atoms with E-state index < -0.39 is 21.2 Å². The molecular weight excluding hydrogens is 294 g/mol. The quantitative estimate of drug-likeness (QED) is 0.861. The molecule has 2 rings (SSSR count). The monoisotopic (exact) mass is 305 g/mol. The molecule has 0 saturated carbocycles. The zero-order chi connectivity index (χ0) is 14.0. The molecule has 0 aliphatic carbocycles. The predicted octanol–water partition coefficient (Wildman–Crippen LogP) is 1.79. The summed E-state index contributed by atoms with van der Waals surface area (Å²) in [5, 5.41) is 2.59. The highest BCUT2D eigenvalue weighted by Crippen LogP contribution is 2.34. The molecule has 1 aromatic carbocycles. The largest absolute Gasteiger partial charge is 0.491 e. The summed E-state index contributed by atoms with van der Waals surface area (Å²) < 4.78 is 32.7. The second-order valence-corrected chi connectivity index (χ2v) is 6.43. The normalized spacial score (nSPS) is 17.5. The smallest absolute Gasteiger partial charge is 0.407 e. The number of nitrogens with one attached hydrogen (secondary N) is 1. The Bertz CT molecular complexity index is 601. The van der Waals surface area contributed by atoms with Crippen molar-refractivity contribution in [1.29, 1.82) is 0 Å². The van der Waals surface area contributed by atoms with Crippen molar-refractivity contribution in [2.75, 3.05) is 13.2 Å². The minimum absolute atomic E-state index is 0.0333. The van der Waals surface area contributed by atoms with Crippen LogP contribution in [-0.4, -0.2) is 27.7 Å². The Balaban J connectivity index is 2.25. The molecule has 0 spiro atoms. The second-order valence-electron chi connectivity index (χ2n) is 3.87. The van der Waals surface area contributed by atoms with E-state index in [1.54, 1.807) is 6.92 Å². The molecule has 1 aliphatic heterocycles. The standard InChI is InChI=1S/C11H12ClNO5S/c1-2-17-11(14)13-9-6-18-10-4-3-7(5-8(9)10)19(12,15)16/h3-5,9H,2,6H2,1H3,(H,13,14). The van der Waals surface area contributed by atoms with Crippen molar-refractivity contribution in [3.05, 3.63) is 23.8 Å². The highest BCUT2D eigenvalue weighted by Gasteiger charge is 2.27. The molecule has 104 valence electrons. The van der Waals surface area contributed by atoms with Gasteiger partial charge in [0.2, 0.25) is 0 Å². The number of carbonyl (C=O) groups excluding carboxylic acids is 1. The topological polar surface area (TPSA) is 81.7 Å². The summed E-state index contributed by atoms with van der Waals surface area (Å²) in [6.07, 6.45) is -0.580. The fraction of sp³-hybridized carbons (Fsp3) is 0.364. The lowest BCUT2D eigenvalue weighted by molar-refractivity contribution is 0.145. The number of ether oxygens (including phenoxy) is 2. The van der Waals surface area contributed by atoms with Gasteiger partial charge in [0.05, 0.1) is 17.5 Å². The average Bonchev–Trinajstić information content (AvgIpc) is 2.71. The third-order valence-corrected chi connectivity index (χ3v) is 3.96. The fourth-order valence-corrected chi connectivity index (χ4v) is 2.57.